The van der Waals surface area contributed by atoms with Crippen molar-refractivity contribution in [1.29, 1.82) is 0 Å². The van der Waals surface area contributed by atoms with E-state index in [0.717, 1.165) is 24.2 Å². The second kappa shape index (κ2) is 12.8. The van der Waals surface area contributed by atoms with E-state index in [4.69, 9.17) is 16.3 Å². The standard InChI is InChI=1S/C15H12BrClF4N2O2.C9H16N4OS/c1-6(2)25-14(24)7-4-8(10(18)5-9(7)17)12-11(16)13(15(19,20)21)23(3)22-12;1-9(2,3)6-11-12-8(15-6)13(5)7(14)10-4/h4-6H,1-3H3;1-5H3,(H,10,14). The Morgan fingerprint density at radius 3 is 2.25 bits per heavy atom. The summed E-state index contributed by atoms with van der Waals surface area (Å²) in [6.45, 7) is 9.42. The number of carbonyl (C=O) groups excluding carboxylic acids is 2. The van der Waals surface area contributed by atoms with Crippen LogP contribution >= 0.6 is 38.9 Å². The summed E-state index contributed by atoms with van der Waals surface area (Å²) in [4.78, 5) is 24.8. The molecule has 2 aromatic heterocycles. The van der Waals surface area contributed by atoms with Crippen LogP contribution in [-0.2, 0) is 23.4 Å². The summed E-state index contributed by atoms with van der Waals surface area (Å²) in [6.07, 6.45) is -5.14. The normalized spacial score (nSPS) is 11.7. The highest BCUT2D eigenvalue weighted by atomic mass is 79.9. The van der Waals surface area contributed by atoms with Crippen LogP contribution < -0.4 is 10.2 Å². The van der Waals surface area contributed by atoms with Crippen molar-refractivity contribution in [2.45, 2.75) is 52.3 Å². The fraction of sp³-hybridized carbons (Fsp3) is 0.458. The second-order valence-electron chi connectivity index (χ2n) is 9.65. The number of urea groups is 1. The van der Waals surface area contributed by atoms with Crippen LogP contribution in [0.15, 0.2) is 16.6 Å². The Hall–Kier alpha value is -2.78. The van der Waals surface area contributed by atoms with Gasteiger partial charge in [-0.15, -0.1) is 10.2 Å². The topological polar surface area (TPSA) is 102 Å². The van der Waals surface area contributed by atoms with Crippen LogP contribution in [0.4, 0.5) is 27.5 Å². The van der Waals surface area contributed by atoms with Crippen LogP contribution in [0.1, 0.15) is 55.7 Å². The molecule has 0 saturated carbocycles. The van der Waals surface area contributed by atoms with E-state index in [1.54, 1.807) is 27.9 Å². The minimum absolute atomic E-state index is 0.0283. The van der Waals surface area contributed by atoms with Crippen molar-refractivity contribution in [2.75, 3.05) is 19.0 Å². The van der Waals surface area contributed by atoms with Crippen LogP contribution in [0.25, 0.3) is 11.3 Å². The highest BCUT2D eigenvalue weighted by molar-refractivity contribution is 9.10. The molecule has 0 aliphatic carbocycles. The molecular formula is C24H28BrClF4N6O3S. The van der Waals surface area contributed by atoms with Gasteiger partial charge < -0.3 is 10.1 Å². The molecule has 3 aromatic rings. The largest absolute Gasteiger partial charge is 0.459 e. The van der Waals surface area contributed by atoms with Crippen LogP contribution in [0, 0.1) is 5.82 Å². The summed E-state index contributed by atoms with van der Waals surface area (Å²) in [6, 6.07) is 1.67. The van der Waals surface area contributed by atoms with E-state index in [2.05, 4.69) is 57.3 Å². The van der Waals surface area contributed by atoms with E-state index >= 15 is 0 Å². The number of benzene rings is 1. The Morgan fingerprint density at radius 1 is 1.20 bits per heavy atom. The molecule has 0 bridgehead atoms. The first kappa shape index (κ1) is 33.4. The van der Waals surface area contributed by atoms with E-state index < -0.39 is 34.2 Å². The maximum atomic E-state index is 14.3. The van der Waals surface area contributed by atoms with E-state index in [1.807, 2.05) is 0 Å². The molecule has 0 aliphatic heterocycles. The number of alkyl halides is 3. The first-order valence-corrected chi connectivity index (χ1v) is 13.6. The number of aryl methyl sites for hydroxylation is 1. The minimum atomic E-state index is -4.69. The Morgan fingerprint density at radius 2 is 1.80 bits per heavy atom. The van der Waals surface area contributed by atoms with Crippen LogP contribution in [0.2, 0.25) is 5.02 Å². The summed E-state index contributed by atoms with van der Waals surface area (Å²) in [5.41, 5.74) is -1.89. The van der Waals surface area contributed by atoms with Crippen molar-refractivity contribution in [2.24, 2.45) is 7.05 Å². The third kappa shape index (κ3) is 7.91. The van der Waals surface area contributed by atoms with Gasteiger partial charge in [0.15, 0.2) is 5.69 Å². The molecule has 9 nitrogen and oxygen atoms in total. The number of hydrogen-bond donors (Lipinski definition) is 1. The van der Waals surface area contributed by atoms with Gasteiger partial charge in [-0.05, 0) is 41.9 Å². The molecule has 0 saturated heterocycles. The van der Waals surface area contributed by atoms with Gasteiger partial charge >= 0.3 is 18.2 Å². The molecule has 220 valence electrons. The van der Waals surface area contributed by atoms with Gasteiger partial charge in [0, 0.05) is 32.1 Å². The molecule has 3 rings (SSSR count). The zero-order valence-electron chi connectivity index (χ0n) is 22.9. The Bertz CT molecular complexity index is 1390. The monoisotopic (exact) mass is 670 g/mol. The van der Waals surface area contributed by atoms with Crippen LogP contribution in [-0.4, -0.2) is 52.2 Å². The van der Waals surface area contributed by atoms with E-state index in [9.17, 15) is 27.2 Å². The van der Waals surface area contributed by atoms with Crippen LogP contribution in [0.5, 0.6) is 0 Å². The number of halogens is 6. The maximum Gasteiger partial charge on any atom is 0.434 e. The fourth-order valence-electron chi connectivity index (χ4n) is 3.05. The number of anilines is 1. The lowest BCUT2D eigenvalue weighted by atomic mass is 9.98. The zero-order chi connectivity index (χ0) is 30.7. The molecule has 0 atom stereocenters. The lowest BCUT2D eigenvalue weighted by Gasteiger charge is -2.13. The average Bonchev–Trinajstić information content (AvgIpc) is 3.42. The Balaban J connectivity index is 0.000000319. The summed E-state index contributed by atoms with van der Waals surface area (Å²) >= 11 is 10.1. The van der Waals surface area contributed by atoms with Crippen LogP contribution in [0.3, 0.4) is 0 Å². The summed E-state index contributed by atoms with van der Waals surface area (Å²) in [5.74, 6) is -1.73. The highest BCUT2D eigenvalue weighted by Crippen LogP contribution is 2.41. The van der Waals surface area contributed by atoms with Gasteiger partial charge in [0.05, 0.1) is 21.2 Å². The quantitative estimate of drug-likeness (QED) is 0.241. The molecule has 40 heavy (non-hydrogen) atoms. The second-order valence-corrected chi connectivity index (χ2v) is 11.8. The first-order valence-electron chi connectivity index (χ1n) is 11.6. The SMILES string of the molecule is CC(C)OC(=O)c1cc(-c2nn(C)c(C(F)(F)F)c2Br)c(F)cc1Cl.CNC(=O)N(C)c1nnc(C(C)(C)C)s1. The number of ether oxygens (including phenoxy) is 1. The molecule has 2 heterocycles. The van der Waals surface area contributed by atoms with E-state index in [0.29, 0.717) is 9.81 Å². The molecule has 0 spiro atoms. The van der Waals surface area contributed by atoms with Crippen molar-refractivity contribution < 1.29 is 31.9 Å². The molecule has 0 fully saturated rings. The Kier molecular flexibility index (Phi) is 10.7. The van der Waals surface area contributed by atoms with E-state index in [-0.39, 0.29) is 33.3 Å². The molecule has 16 heteroatoms. The number of nitrogens with zero attached hydrogens (tertiary/aromatic N) is 5. The van der Waals surface area contributed by atoms with Gasteiger partial charge in [-0.1, -0.05) is 43.7 Å². The number of esters is 1. The van der Waals surface area contributed by atoms with Gasteiger partial charge in [0.25, 0.3) is 0 Å². The van der Waals surface area contributed by atoms with Gasteiger partial charge in [0.2, 0.25) is 5.13 Å². The summed E-state index contributed by atoms with van der Waals surface area (Å²) < 4.78 is 58.6. The van der Waals surface area contributed by atoms with Crippen molar-refractivity contribution in [3.63, 3.8) is 0 Å². The number of hydrogen-bond acceptors (Lipinski definition) is 7. The number of nitrogens with one attached hydrogen (secondary N) is 1. The first-order chi connectivity index (χ1) is 18.3. The van der Waals surface area contributed by atoms with Crippen molar-refractivity contribution in [3.8, 4) is 11.3 Å². The highest BCUT2D eigenvalue weighted by Gasteiger charge is 2.39. The van der Waals surface area contributed by atoms with Gasteiger partial charge in [0.1, 0.15) is 16.5 Å². The van der Waals surface area contributed by atoms with E-state index in [1.165, 1.54) is 16.2 Å². The van der Waals surface area contributed by atoms with Gasteiger partial charge in [-0.3, -0.25) is 9.58 Å². The summed E-state index contributed by atoms with van der Waals surface area (Å²) in [5, 5.41) is 15.6. The molecule has 0 aliphatic rings. The van der Waals surface area contributed by atoms with Crippen molar-refractivity contribution in [1.82, 2.24) is 25.3 Å². The third-order valence-electron chi connectivity index (χ3n) is 4.99. The predicted octanol–water partition coefficient (Wildman–Crippen LogP) is 6.84. The molecule has 1 N–H and O–H groups in total. The maximum absolute atomic E-state index is 14.3. The number of rotatable bonds is 4. The predicted molar refractivity (Wildman–Crippen MR) is 148 cm³/mol. The Labute approximate surface area is 246 Å². The minimum Gasteiger partial charge on any atom is -0.459 e. The number of carbonyl (C=O) groups is 2. The van der Waals surface area contributed by atoms with Crippen molar-refractivity contribution in [3.05, 3.63) is 43.7 Å². The fourth-order valence-corrected chi connectivity index (χ4v) is 4.92. The van der Waals surface area contributed by atoms with Gasteiger partial charge in [-0.25, -0.2) is 14.0 Å². The van der Waals surface area contributed by atoms with Crippen molar-refractivity contribution >= 4 is 56.0 Å². The number of aromatic nitrogens is 4. The summed E-state index contributed by atoms with van der Waals surface area (Å²) in [7, 11) is 4.34. The lowest BCUT2D eigenvalue weighted by Crippen LogP contribution is -2.34. The molecule has 0 radical (unpaired) electrons. The molecule has 2 amide bonds. The molecular weight excluding hydrogens is 644 g/mol. The lowest BCUT2D eigenvalue weighted by molar-refractivity contribution is -0.144. The smallest absolute Gasteiger partial charge is 0.434 e. The molecule has 1 aromatic carbocycles. The number of amides is 2. The van der Waals surface area contributed by atoms with Gasteiger partial charge in [-0.2, -0.15) is 18.3 Å². The zero-order valence-corrected chi connectivity index (χ0v) is 26.0. The molecule has 0 unspecified atom stereocenters. The average molecular weight is 672 g/mol. The third-order valence-corrected chi connectivity index (χ3v) is 7.48.